The largest absolute Gasteiger partial charge is 0.374 e. The molecule has 2 N–H and O–H groups in total. The number of hydrogen-bond acceptors (Lipinski definition) is 4. The van der Waals surface area contributed by atoms with Gasteiger partial charge in [0, 0.05) is 31.0 Å². The fourth-order valence-corrected chi connectivity index (χ4v) is 2.27. The molecule has 0 aliphatic carbocycles. The van der Waals surface area contributed by atoms with Gasteiger partial charge >= 0.3 is 0 Å². The maximum Gasteiger partial charge on any atom is 0.0962 e. The van der Waals surface area contributed by atoms with Crippen molar-refractivity contribution in [3.05, 3.63) is 66.0 Å². The number of benzene rings is 1. The minimum absolute atomic E-state index is 0.129. The molecular formula is C18H24N2O2. The third-order valence-electron chi connectivity index (χ3n) is 3.42. The lowest BCUT2D eigenvalue weighted by atomic mass is 10.1. The van der Waals surface area contributed by atoms with Gasteiger partial charge in [0.25, 0.3) is 0 Å². The molecule has 0 aliphatic heterocycles. The standard InChI is InChI=1S/C18H24N2O2/c1-2-22-18(14-21-13-15-8-4-3-5-9-15)17(19)12-16-10-6-7-11-20-16/h3-11,17-18H,2,12-14,19H2,1H3. The van der Waals surface area contributed by atoms with Gasteiger partial charge < -0.3 is 15.2 Å². The van der Waals surface area contributed by atoms with Crippen molar-refractivity contribution in [1.82, 2.24) is 4.98 Å². The molecule has 1 aromatic carbocycles. The Hall–Kier alpha value is -1.75. The van der Waals surface area contributed by atoms with Crippen LogP contribution in [0.3, 0.4) is 0 Å². The summed E-state index contributed by atoms with van der Waals surface area (Å²) in [5.41, 5.74) is 8.39. The van der Waals surface area contributed by atoms with Crippen LogP contribution in [-0.4, -0.2) is 30.3 Å². The Bertz CT molecular complexity index is 519. The first-order chi connectivity index (χ1) is 10.8. The number of nitrogens with zero attached hydrogens (tertiary/aromatic N) is 1. The molecule has 4 nitrogen and oxygen atoms in total. The molecule has 0 fully saturated rings. The van der Waals surface area contributed by atoms with Crippen LogP contribution in [0, 0.1) is 0 Å². The van der Waals surface area contributed by atoms with Crippen molar-refractivity contribution in [2.75, 3.05) is 13.2 Å². The predicted octanol–water partition coefficient (Wildman–Crippen LogP) is 2.57. The Morgan fingerprint density at radius 2 is 1.86 bits per heavy atom. The van der Waals surface area contributed by atoms with E-state index in [0.717, 1.165) is 11.3 Å². The summed E-state index contributed by atoms with van der Waals surface area (Å²) in [6.07, 6.45) is 2.33. The second kappa shape index (κ2) is 9.30. The van der Waals surface area contributed by atoms with Crippen LogP contribution in [0.1, 0.15) is 18.2 Å². The summed E-state index contributed by atoms with van der Waals surface area (Å²) in [5, 5.41) is 0. The zero-order valence-corrected chi connectivity index (χ0v) is 13.0. The van der Waals surface area contributed by atoms with E-state index in [0.29, 0.717) is 26.2 Å². The molecule has 0 aliphatic rings. The molecule has 4 heteroatoms. The van der Waals surface area contributed by atoms with Gasteiger partial charge in [-0.25, -0.2) is 0 Å². The summed E-state index contributed by atoms with van der Waals surface area (Å²) in [5.74, 6) is 0. The molecule has 0 spiro atoms. The molecule has 22 heavy (non-hydrogen) atoms. The van der Waals surface area contributed by atoms with E-state index in [2.05, 4.69) is 4.98 Å². The third-order valence-corrected chi connectivity index (χ3v) is 3.42. The van der Waals surface area contributed by atoms with E-state index in [9.17, 15) is 0 Å². The summed E-state index contributed by atoms with van der Waals surface area (Å²) in [6, 6.07) is 15.8. The van der Waals surface area contributed by atoms with E-state index in [-0.39, 0.29) is 12.1 Å². The zero-order chi connectivity index (χ0) is 15.6. The predicted molar refractivity (Wildman–Crippen MR) is 87.4 cm³/mol. The Morgan fingerprint density at radius 3 is 2.55 bits per heavy atom. The quantitative estimate of drug-likeness (QED) is 0.773. The van der Waals surface area contributed by atoms with E-state index in [4.69, 9.17) is 15.2 Å². The van der Waals surface area contributed by atoms with Gasteiger partial charge in [-0.3, -0.25) is 4.98 Å². The summed E-state index contributed by atoms with van der Waals surface area (Å²) >= 11 is 0. The fourth-order valence-electron chi connectivity index (χ4n) is 2.27. The molecule has 1 heterocycles. The molecule has 1 aromatic heterocycles. The first kappa shape index (κ1) is 16.6. The summed E-state index contributed by atoms with van der Waals surface area (Å²) in [7, 11) is 0. The van der Waals surface area contributed by atoms with Gasteiger partial charge in [-0.15, -0.1) is 0 Å². The maximum atomic E-state index is 6.27. The average Bonchev–Trinajstić information content (AvgIpc) is 2.56. The normalized spacial score (nSPS) is 13.7. The highest BCUT2D eigenvalue weighted by Crippen LogP contribution is 2.08. The number of ether oxygens (including phenoxy) is 2. The van der Waals surface area contributed by atoms with Crippen molar-refractivity contribution in [3.63, 3.8) is 0 Å². The van der Waals surface area contributed by atoms with Crippen LogP contribution >= 0.6 is 0 Å². The second-order valence-corrected chi connectivity index (χ2v) is 5.18. The van der Waals surface area contributed by atoms with E-state index < -0.39 is 0 Å². The molecule has 118 valence electrons. The SMILES string of the molecule is CCOC(COCc1ccccc1)C(N)Cc1ccccn1. The van der Waals surface area contributed by atoms with Crippen LogP contribution in [0.25, 0.3) is 0 Å². The molecule has 2 atom stereocenters. The molecular weight excluding hydrogens is 276 g/mol. The molecule has 0 radical (unpaired) electrons. The topological polar surface area (TPSA) is 57.4 Å². The number of hydrogen-bond donors (Lipinski definition) is 1. The first-order valence-electron chi connectivity index (χ1n) is 7.68. The highest BCUT2D eigenvalue weighted by atomic mass is 16.5. The monoisotopic (exact) mass is 300 g/mol. The van der Waals surface area contributed by atoms with Crippen molar-refractivity contribution in [1.29, 1.82) is 0 Å². The van der Waals surface area contributed by atoms with E-state index in [1.165, 1.54) is 0 Å². The molecule has 0 saturated heterocycles. The second-order valence-electron chi connectivity index (χ2n) is 5.18. The van der Waals surface area contributed by atoms with Crippen molar-refractivity contribution in [3.8, 4) is 0 Å². The minimum Gasteiger partial charge on any atom is -0.374 e. The van der Waals surface area contributed by atoms with Gasteiger partial charge in [-0.1, -0.05) is 36.4 Å². The van der Waals surface area contributed by atoms with Gasteiger partial charge in [0.2, 0.25) is 0 Å². The van der Waals surface area contributed by atoms with Crippen LogP contribution in [0.4, 0.5) is 0 Å². The summed E-state index contributed by atoms with van der Waals surface area (Å²) in [6.45, 7) is 3.64. The summed E-state index contributed by atoms with van der Waals surface area (Å²) in [4.78, 5) is 4.31. The lowest BCUT2D eigenvalue weighted by Gasteiger charge is -2.23. The smallest absolute Gasteiger partial charge is 0.0962 e. The molecule has 2 aromatic rings. The highest BCUT2D eigenvalue weighted by molar-refractivity contribution is 5.13. The van der Waals surface area contributed by atoms with Crippen LogP contribution < -0.4 is 5.73 Å². The van der Waals surface area contributed by atoms with Crippen molar-refractivity contribution in [2.24, 2.45) is 5.73 Å². The Labute approximate surface area is 132 Å². The van der Waals surface area contributed by atoms with E-state index >= 15 is 0 Å². The fraction of sp³-hybridized carbons (Fsp3) is 0.389. The average molecular weight is 300 g/mol. The van der Waals surface area contributed by atoms with E-state index in [1.54, 1.807) is 6.20 Å². The van der Waals surface area contributed by atoms with Crippen LogP contribution in [0.5, 0.6) is 0 Å². The molecule has 2 unspecified atom stereocenters. The van der Waals surface area contributed by atoms with E-state index in [1.807, 2.05) is 55.5 Å². The Morgan fingerprint density at radius 1 is 1.09 bits per heavy atom. The zero-order valence-electron chi connectivity index (χ0n) is 13.0. The van der Waals surface area contributed by atoms with Gasteiger partial charge in [-0.05, 0) is 24.6 Å². The molecule has 0 saturated carbocycles. The van der Waals surface area contributed by atoms with Crippen molar-refractivity contribution >= 4 is 0 Å². The first-order valence-corrected chi connectivity index (χ1v) is 7.68. The number of nitrogens with two attached hydrogens (primary N) is 1. The summed E-state index contributed by atoms with van der Waals surface area (Å²) < 4.78 is 11.5. The number of aromatic nitrogens is 1. The van der Waals surface area contributed by atoms with Crippen LogP contribution in [0.15, 0.2) is 54.7 Å². The minimum atomic E-state index is -0.134. The highest BCUT2D eigenvalue weighted by Gasteiger charge is 2.19. The molecule has 2 rings (SSSR count). The molecule has 0 amide bonds. The van der Waals surface area contributed by atoms with Gasteiger partial charge in [0.15, 0.2) is 0 Å². The van der Waals surface area contributed by atoms with Crippen molar-refractivity contribution < 1.29 is 9.47 Å². The van der Waals surface area contributed by atoms with Crippen LogP contribution in [0.2, 0.25) is 0 Å². The third kappa shape index (κ3) is 5.56. The Balaban J connectivity index is 1.83. The lowest BCUT2D eigenvalue weighted by molar-refractivity contribution is -0.0291. The number of pyridine rings is 1. The molecule has 0 bridgehead atoms. The van der Waals surface area contributed by atoms with Gasteiger partial charge in [0.1, 0.15) is 0 Å². The maximum absolute atomic E-state index is 6.27. The lowest BCUT2D eigenvalue weighted by Crippen LogP contribution is -2.42. The van der Waals surface area contributed by atoms with Crippen LogP contribution in [-0.2, 0) is 22.5 Å². The number of rotatable bonds is 9. The van der Waals surface area contributed by atoms with Gasteiger partial charge in [-0.2, -0.15) is 0 Å². The Kier molecular flexibility index (Phi) is 7.03. The van der Waals surface area contributed by atoms with Crippen molar-refractivity contribution in [2.45, 2.75) is 32.1 Å². The van der Waals surface area contributed by atoms with Gasteiger partial charge in [0.05, 0.1) is 19.3 Å².